The minimum atomic E-state index is 0.00271. The Hall–Kier alpha value is -1.36. The highest BCUT2D eigenvalue weighted by Crippen LogP contribution is 2.16. The first kappa shape index (κ1) is 18.0. The van der Waals surface area contributed by atoms with Crippen LogP contribution in [-0.4, -0.2) is 19.0 Å². The summed E-state index contributed by atoms with van der Waals surface area (Å²) in [4.78, 5) is 11.9. The molecule has 2 rings (SSSR count). The van der Waals surface area contributed by atoms with Crippen molar-refractivity contribution >= 4 is 33.4 Å². The SMILES string of the molecule is CC(NCC(=O)NCCc1ccc(Cl)cc1)c1ccc(Br)cc1. The number of hydrogen-bond acceptors (Lipinski definition) is 2. The molecule has 0 heterocycles. The van der Waals surface area contributed by atoms with Crippen LogP contribution in [0.15, 0.2) is 53.0 Å². The first-order chi connectivity index (χ1) is 11.0. The fourth-order valence-corrected chi connectivity index (χ4v) is 2.57. The van der Waals surface area contributed by atoms with Crippen molar-refractivity contribution in [2.45, 2.75) is 19.4 Å². The summed E-state index contributed by atoms with van der Waals surface area (Å²) in [5.74, 6) is 0.00271. The summed E-state index contributed by atoms with van der Waals surface area (Å²) in [6.07, 6.45) is 0.797. The Balaban J connectivity index is 1.68. The molecular formula is C18H20BrClN2O. The van der Waals surface area contributed by atoms with Crippen LogP contribution in [0.3, 0.4) is 0 Å². The van der Waals surface area contributed by atoms with Crippen molar-refractivity contribution in [2.75, 3.05) is 13.1 Å². The van der Waals surface area contributed by atoms with Crippen molar-refractivity contribution < 1.29 is 4.79 Å². The van der Waals surface area contributed by atoms with E-state index in [-0.39, 0.29) is 11.9 Å². The maximum absolute atomic E-state index is 11.9. The molecule has 0 radical (unpaired) electrons. The van der Waals surface area contributed by atoms with Crippen LogP contribution in [-0.2, 0) is 11.2 Å². The Morgan fingerprint density at radius 3 is 2.43 bits per heavy atom. The zero-order valence-electron chi connectivity index (χ0n) is 13.0. The molecule has 0 fully saturated rings. The second-order valence-electron chi connectivity index (χ2n) is 5.38. The molecule has 1 unspecified atom stereocenters. The van der Waals surface area contributed by atoms with Gasteiger partial charge in [0, 0.05) is 22.1 Å². The molecule has 0 aliphatic carbocycles. The summed E-state index contributed by atoms with van der Waals surface area (Å²) < 4.78 is 1.05. The lowest BCUT2D eigenvalue weighted by atomic mass is 10.1. The Morgan fingerprint density at radius 1 is 1.13 bits per heavy atom. The zero-order valence-corrected chi connectivity index (χ0v) is 15.3. The van der Waals surface area contributed by atoms with Crippen LogP contribution in [0, 0.1) is 0 Å². The number of carbonyl (C=O) groups is 1. The number of nitrogens with one attached hydrogen (secondary N) is 2. The van der Waals surface area contributed by atoms with Gasteiger partial charge in [-0.05, 0) is 48.7 Å². The number of halogens is 2. The minimum absolute atomic E-state index is 0.00271. The molecule has 1 atom stereocenters. The molecule has 122 valence electrons. The molecule has 0 aliphatic heterocycles. The molecule has 5 heteroatoms. The van der Waals surface area contributed by atoms with Gasteiger partial charge in [0.1, 0.15) is 0 Å². The van der Waals surface area contributed by atoms with Gasteiger partial charge in [0.15, 0.2) is 0 Å². The van der Waals surface area contributed by atoms with Gasteiger partial charge in [-0.1, -0.05) is 51.8 Å². The van der Waals surface area contributed by atoms with E-state index in [4.69, 9.17) is 11.6 Å². The van der Waals surface area contributed by atoms with E-state index in [0.717, 1.165) is 27.0 Å². The molecule has 0 saturated carbocycles. The van der Waals surface area contributed by atoms with Crippen LogP contribution in [0.25, 0.3) is 0 Å². The van der Waals surface area contributed by atoms with Gasteiger partial charge >= 0.3 is 0 Å². The lowest BCUT2D eigenvalue weighted by molar-refractivity contribution is -0.120. The lowest BCUT2D eigenvalue weighted by Crippen LogP contribution is -2.36. The highest BCUT2D eigenvalue weighted by Gasteiger charge is 2.07. The smallest absolute Gasteiger partial charge is 0.233 e. The molecule has 0 aliphatic rings. The predicted octanol–water partition coefficient (Wildman–Crippen LogP) is 4.11. The summed E-state index contributed by atoms with van der Waals surface area (Å²) in [7, 11) is 0. The van der Waals surface area contributed by atoms with Crippen LogP contribution in [0.2, 0.25) is 5.02 Å². The van der Waals surface area contributed by atoms with E-state index in [0.29, 0.717) is 13.1 Å². The quantitative estimate of drug-likeness (QED) is 0.740. The van der Waals surface area contributed by atoms with Gasteiger partial charge in [0.05, 0.1) is 6.54 Å². The van der Waals surface area contributed by atoms with E-state index in [2.05, 4.69) is 26.6 Å². The summed E-state index contributed by atoms with van der Waals surface area (Å²) in [6, 6.07) is 15.9. The Kier molecular flexibility index (Phi) is 7.09. The van der Waals surface area contributed by atoms with Crippen LogP contribution >= 0.6 is 27.5 Å². The highest BCUT2D eigenvalue weighted by molar-refractivity contribution is 9.10. The summed E-state index contributed by atoms with van der Waals surface area (Å²) in [5, 5.41) is 6.88. The minimum Gasteiger partial charge on any atom is -0.355 e. The van der Waals surface area contributed by atoms with Gasteiger partial charge in [-0.25, -0.2) is 0 Å². The Labute approximate surface area is 150 Å². The topological polar surface area (TPSA) is 41.1 Å². The van der Waals surface area contributed by atoms with Crippen LogP contribution in [0.5, 0.6) is 0 Å². The highest BCUT2D eigenvalue weighted by atomic mass is 79.9. The third-order valence-electron chi connectivity index (χ3n) is 3.59. The number of amides is 1. The largest absolute Gasteiger partial charge is 0.355 e. The number of rotatable bonds is 7. The van der Waals surface area contributed by atoms with Crippen LogP contribution in [0.4, 0.5) is 0 Å². The third-order valence-corrected chi connectivity index (χ3v) is 4.37. The standard InChI is InChI=1S/C18H20BrClN2O/c1-13(15-4-6-16(19)7-5-15)22-12-18(23)21-11-10-14-2-8-17(20)9-3-14/h2-9,13,22H,10-12H2,1H3,(H,21,23). The first-order valence-corrected chi connectivity index (χ1v) is 8.71. The van der Waals surface area contributed by atoms with Gasteiger partial charge in [-0.2, -0.15) is 0 Å². The fourth-order valence-electron chi connectivity index (χ4n) is 2.17. The Bertz CT molecular complexity index is 628. The van der Waals surface area contributed by atoms with Crippen molar-refractivity contribution in [3.05, 3.63) is 69.2 Å². The second-order valence-corrected chi connectivity index (χ2v) is 6.73. The first-order valence-electron chi connectivity index (χ1n) is 7.54. The normalized spacial score (nSPS) is 12.0. The van der Waals surface area contributed by atoms with Gasteiger partial charge in [0.2, 0.25) is 5.91 Å². The van der Waals surface area contributed by atoms with Gasteiger partial charge < -0.3 is 10.6 Å². The van der Waals surface area contributed by atoms with Gasteiger partial charge in [-0.15, -0.1) is 0 Å². The molecule has 2 aromatic carbocycles. The maximum atomic E-state index is 11.9. The zero-order chi connectivity index (χ0) is 16.7. The van der Waals surface area contributed by atoms with Crippen molar-refractivity contribution in [3.8, 4) is 0 Å². The molecule has 2 N–H and O–H groups in total. The number of hydrogen-bond donors (Lipinski definition) is 2. The van der Waals surface area contributed by atoms with E-state index in [1.54, 1.807) is 0 Å². The van der Waals surface area contributed by atoms with E-state index >= 15 is 0 Å². The molecule has 0 bridgehead atoms. The van der Waals surface area contributed by atoms with Crippen LogP contribution in [0.1, 0.15) is 24.1 Å². The summed E-state index contributed by atoms with van der Waals surface area (Å²) >= 11 is 9.26. The van der Waals surface area contributed by atoms with Gasteiger partial charge in [-0.3, -0.25) is 4.79 Å². The van der Waals surface area contributed by atoms with Crippen molar-refractivity contribution in [1.29, 1.82) is 0 Å². The van der Waals surface area contributed by atoms with Crippen LogP contribution < -0.4 is 10.6 Å². The average molecular weight is 396 g/mol. The number of carbonyl (C=O) groups excluding carboxylic acids is 1. The maximum Gasteiger partial charge on any atom is 0.233 e. The molecule has 0 spiro atoms. The lowest BCUT2D eigenvalue weighted by Gasteiger charge is -2.14. The van der Waals surface area contributed by atoms with Crippen molar-refractivity contribution in [3.63, 3.8) is 0 Å². The molecule has 2 aromatic rings. The monoisotopic (exact) mass is 394 g/mol. The average Bonchev–Trinajstić information content (AvgIpc) is 2.55. The van der Waals surface area contributed by atoms with E-state index in [1.807, 2.05) is 55.5 Å². The summed E-state index contributed by atoms with van der Waals surface area (Å²) in [6.45, 7) is 2.97. The van der Waals surface area contributed by atoms with E-state index in [9.17, 15) is 4.79 Å². The number of benzene rings is 2. The Morgan fingerprint density at radius 2 is 1.78 bits per heavy atom. The van der Waals surface area contributed by atoms with Crippen molar-refractivity contribution in [2.24, 2.45) is 0 Å². The fraction of sp³-hybridized carbons (Fsp3) is 0.278. The van der Waals surface area contributed by atoms with E-state index < -0.39 is 0 Å². The molecular weight excluding hydrogens is 376 g/mol. The molecule has 3 nitrogen and oxygen atoms in total. The molecule has 1 amide bonds. The van der Waals surface area contributed by atoms with Gasteiger partial charge in [0.25, 0.3) is 0 Å². The predicted molar refractivity (Wildman–Crippen MR) is 98.7 cm³/mol. The third kappa shape index (κ3) is 6.34. The van der Waals surface area contributed by atoms with Crippen molar-refractivity contribution in [1.82, 2.24) is 10.6 Å². The van der Waals surface area contributed by atoms with E-state index in [1.165, 1.54) is 0 Å². The molecule has 23 heavy (non-hydrogen) atoms. The molecule has 0 aromatic heterocycles. The molecule has 0 saturated heterocycles. The summed E-state index contributed by atoms with van der Waals surface area (Å²) in [5.41, 5.74) is 2.31. The second kappa shape index (κ2) is 9.06.